The van der Waals surface area contributed by atoms with E-state index in [1.54, 1.807) is 11.3 Å². The van der Waals surface area contributed by atoms with Gasteiger partial charge in [0.05, 0.1) is 0 Å². The van der Waals surface area contributed by atoms with Gasteiger partial charge < -0.3 is 4.90 Å². The number of piperazine rings is 1. The number of thiazole rings is 1. The van der Waals surface area contributed by atoms with Crippen LogP contribution in [0.15, 0.2) is 5.38 Å². The van der Waals surface area contributed by atoms with Crippen LogP contribution in [0.2, 0.25) is 5.15 Å². The standard InChI is InChI=1S/C10H14ClN3S/c11-9-7-15-10(12-9)14-5-3-13(4-6-14)8-1-2-8/h7-8H,1-6H2. The molecule has 1 aromatic rings. The molecule has 2 heterocycles. The summed E-state index contributed by atoms with van der Waals surface area (Å²) >= 11 is 7.48. The van der Waals surface area contributed by atoms with Gasteiger partial charge in [-0.2, -0.15) is 0 Å². The van der Waals surface area contributed by atoms with Crippen LogP contribution < -0.4 is 4.90 Å². The molecule has 1 saturated heterocycles. The van der Waals surface area contributed by atoms with Crippen molar-refractivity contribution in [2.24, 2.45) is 0 Å². The number of rotatable bonds is 2. The highest BCUT2D eigenvalue weighted by molar-refractivity contribution is 7.14. The molecule has 0 spiro atoms. The molecule has 0 unspecified atom stereocenters. The topological polar surface area (TPSA) is 19.4 Å². The maximum absolute atomic E-state index is 5.83. The van der Waals surface area contributed by atoms with E-state index in [0.29, 0.717) is 5.15 Å². The number of hydrogen-bond donors (Lipinski definition) is 0. The van der Waals surface area contributed by atoms with Crippen molar-refractivity contribution in [1.82, 2.24) is 9.88 Å². The van der Waals surface area contributed by atoms with E-state index in [9.17, 15) is 0 Å². The van der Waals surface area contributed by atoms with Gasteiger partial charge in [0.1, 0.15) is 5.15 Å². The molecule has 2 aliphatic rings. The fourth-order valence-corrected chi connectivity index (χ4v) is 3.11. The Morgan fingerprint density at radius 1 is 1.27 bits per heavy atom. The van der Waals surface area contributed by atoms with Crippen molar-refractivity contribution < 1.29 is 0 Å². The average Bonchev–Trinajstić information content (AvgIpc) is 3.02. The number of halogens is 1. The molecule has 0 bridgehead atoms. The van der Waals surface area contributed by atoms with Crippen LogP contribution in [-0.2, 0) is 0 Å². The zero-order valence-corrected chi connectivity index (χ0v) is 10.1. The summed E-state index contributed by atoms with van der Waals surface area (Å²) in [6.45, 7) is 4.56. The molecule has 3 nitrogen and oxygen atoms in total. The molecule has 15 heavy (non-hydrogen) atoms. The second kappa shape index (κ2) is 3.92. The first kappa shape index (κ1) is 9.87. The van der Waals surface area contributed by atoms with Gasteiger partial charge in [-0.3, -0.25) is 4.90 Å². The van der Waals surface area contributed by atoms with Crippen molar-refractivity contribution in [2.75, 3.05) is 31.1 Å². The van der Waals surface area contributed by atoms with Gasteiger partial charge in [-0.15, -0.1) is 11.3 Å². The Labute approximate surface area is 98.7 Å². The quantitative estimate of drug-likeness (QED) is 0.793. The van der Waals surface area contributed by atoms with E-state index in [0.717, 1.165) is 24.3 Å². The Bertz CT molecular complexity index is 342. The molecular weight excluding hydrogens is 230 g/mol. The lowest BCUT2D eigenvalue weighted by atomic mass is 10.3. The zero-order valence-electron chi connectivity index (χ0n) is 8.53. The van der Waals surface area contributed by atoms with Crippen LogP contribution in [0.1, 0.15) is 12.8 Å². The number of anilines is 1. The van der Waals surface area contributed by atoms with Crippen LogP contribution in [0.5, 0.6) is 0 Å². The van der Waals surface area contributed by atoms with E-state index < -0.39 is 0 Å². The van der Waals surface area contributed by atoms with Gasteiger partial charge in [-0.25, -0.2) is 4.98 Å². The number of aromatic nitrogens is 1. The van der Waals surface area contributed by atoms with E-state index in [-0.39, 0.29) is 0 Å². The molecule has 2 fully saturated rings. The smallest absolute Gasteiger partial charge is 0.186 e. The Morgan fingerprint density at radius 2 is 2.00 bits per heavy atom. The van der Waals surface area contributed by atoms with Gasteiger partial charge in [0.15, 0.2) is 5.13 Å². The average molecular weight is 244 g/mol. The highest BCUT2D eigenvalue weighted by atomic mass is 35.5. The first-order valence-corrected chi connectivity index (χ1v) is 6.69. The Hall–Kier alpha value is -0.320. The largest absolute Gasteiger partial charge is 0.345 e. The summed E-state index contributed by atoms with van der Waals surface area (Å²) in [5.41, 5.74) is 0. The predicted molar refractivity (Wildman–Crippen MR) is 63.9 cm³/mol. The van der Waals surface area contributed by atoms with Gasteiger partial charge in [0, 0.05) is 37.6 Å². The third-order valence-corrected chi connectivity index (χ3v) is 4.34. The minimum absolute atomic E-state index is 0.625. The first-order valence-electron chi connectivity index (χ1n) is 5.43. The second-order valence-corrected chi connectivity index (χ2v) is 5.43. The van der Waals surface area contributed by atoms with Crippen molar-refractivity contribution in [3.05, 3.63) is 10.5 Å². The van der Waals surface area contributed by atoms with Crippen molar-refractivity contribution in [1.29, 1.82) is 0 Å². The van der Waals surface area contributed by atoms with Gasteiger partial charge >= 0.3 is 0 Å². The molecular formula is C10H14ClN3S. The Balaban J connectivity index is 1.61. The SMILES string of the molecule is Clc1csc(N2CCN(C3CC3)CC2)n1. The van der Waals surface area contributed by atoms with Gasteiger partial charge in [0.25, 0.3) is 0 Å². The minimum atomic E-state index is 0.625. The Morgan fingerprint density at radius 3 is 2.53 bits per heavy atom. The normalized spacial score (nSPS) is 23.4. The van der Waals surface area contributed by atoms with Crippen LogP contribution in [-0.4, -0.2) is 42.1 Å². The van der Waals surface area contributed by atoms with Crippen molar-refractivity contribution in [2.45, 2.75) is 18.9 Å². The second-order valence-electron chi connectivity index (χ2n) is 4.21. The Kier molecular flexibility index (Phi) is 2.58. The lowest BCUT2D eigenvalue weighted by molar-refractivity contribution is 0.248. The highest BCUT2D eigenvalue weighted by Crippen LogP contribution is 2.29. The van der Waals surface area contributed by atoms with Crippen LogP contribution >= 0.6 is 22.9 Å². The van der Waals surface area contributed by atoms with Gasteiger partial charge in [0.2, 0.25) is 0 Å². The molecule has 82 valence electrons. The molecule has 0 aromatic carbocycles. The maximum Gasteiger partial charge on any atom is 0.186 e. The third-order valence-electron chi connectivity index (χ3n) is 3.11. The van der Waals surface area contributed by atoms with Crippen LogP contribution in [0.25, 0.3) is 0 Å². The van der Waals surface area contributed by atoms with E-state index in [4.69, 9.17) is 11.6 Å². The first-order chi connectivity index (χ1) is 7.33. The zero-order chi connectivity index (χ0) is 10.3. The minimum Gasteiger partial charge on any atom is -0.345 e. The molecule has 1 aliphatic carbocycles. The van der Waals surface area contributed by atoms with Gasteiger partial charge in [-0.05, 0) is 12.8 Å². The van der Waals surface area contributed by atoms with Crippen LogP contribution in [0.3, 0.4) is 0 Å². The molecule has 1 saturated carbocycles. The molecule has 0 radical (unpaired) electrons. The fourth-order valence-electron chi connectivity index (χ4n) is 2.11. The summed E-state index contributed by atoms with van der Waals surface area (Å²) in [7, 11) is 0. The number of hydrogen-bond acceptors (Lipinski definition) is 4. The van der Waals surface area contributed by atoms with E-state index >= 15 is 0 Å². The molecule has 1 aromatic heterocycles. The van der Waals surface area contributed by atoms with E-state index in [1.807, 2.05) is 5.38 Å². The lowest BCUT2D eigenvalue weighted by Gasteiger charge is -2.34. The monoisotopic (exact) mass is 243 g/mol. The van der Waals surface area contributed by atoms with Crippen molar-refractivity contribution in [3.8, 4) is 0 Å². The van der Waals surface area contributed by atoms with E-state index in [2.05, 4.69) is 14.8 Å². The van der Waals surface area contributed by atoms with Gasteiger partial charge in [-0.1, -0.05) is 11.6 Å². The van der Waals surface area contributed by atoms with Crippen molar-refractivity contribution in [3.63, 3.8) is 0 Å². The van der Waals surface area contributed by atoms with Crippen LogP contribution in [0, 0.1) is 0 Å². The van der Waals surface area contributed by atoms with E-state index in [1.165, 1.54) is 25.9 Å². The molecule has 1 aliphatic heterocycles. The highest BCUT2D eigenvalue weighted by Gasteiger charge is 2.31. The summed E-state index contributed by atoms with van der Waals surface area (Å²) < 4.78 is 0. The summed E-state index contributed by atoms with van der Waals surface area (Å²) in [4.78, 5) is 9.26. The summed E-state index contributed by atoms with van der Waals surface area (Å²) in [5, 5.41) is 3.61. The molecule has 0 N–H and O–H groups in total. The third kappa shape index (κ3) is 2.12. The van der Waals surface area contributed by atoms with Crippen molar-refractivity contribution >= 4 is 28.1 Å². The maximum atomic E-state index is 5.83. The predicted octanol–water partition coefficient (Wildman–Crippen LogP) is 2.08. The molecule has 0 amide bonds. The fraction of sp³-hybridized carbons (Fsp3) is 0.700. The molecule has 5 heteroatoms. The van der Waals surface area contributed by atoms with Crippen LogP contribution in [0.4, 0.5) is 5.13 Å². The summed E-state index contributed by atoms with van der Waals surface area (Å²) in [5.74, 6) is 0. The molecule has 0 atom stereocenters. The molecule has 3 rings (SSSR count). The number of nitrogens with zero attached hydrogens (tertiary/aromatic N) is 3. The summed E-state index contributed by atoms with van der Waals surface area (Å²) in [6, 6.07) is 0.895. The lowest BCUT2D eigenvalue weighted by Crippen LogP contribution is -2.47. The summed E-state index contributed by atoms with van der Waals surface area (Å²) in [6.07, 6.45) is 2.81.